The molecule has 0 saturated carbocycles. The zero-order valence-corrected chi connectivity index (χ0v) is 10.2. The fraction of sp³-hybridized carbons (Fsp3) is 0.750. The molecule has 1 aromatic heterocycles. The SMILES string of the molecule is CCn1cncc1CNCC1(C)CCCO1. The van der Waals surface area contributed by atoms with Gasteiger partial charge in [-0.05, 0) is 26.7 Å². The number of aryl methyl sites for hydroxylation is 1. The van der Waals surface area contributed by atoms with Gasteiger partial charge in [-0.2, -0.15) is 0 Å². The van der Waals surface area contributed by atoms with Gasteiger partial charge >= 0.3 is 0 Å². The summed E-state index contributed by atoms with van der Waals surface area (Å²) >= 11 is 0. The number of hydrogen-bond acceptors (Lipinski definition) is 3. The smallest absolute Gasteiger partial charge is 0.0948 e. The van der Waals surface area contributed by atoms with Crippen molar-refractivity contribution in [3.05, 3.63) is 18.2 Å². The summed E-state index contributed by atoms with van der Waals surface area (Å²) in [5.74, 6) is 0. The number of hydrogen-bond donors (Lipinski definition) is 1. The maximum Gasteiger partial charge on any atom is 0.0948 e. The van der Waals surface area contributed by atoms with Crippen LogP contribution in [0.5, 0.6) is 0 Å². The third kappa shape index (κ3) is 2.62. The Labute approximate surface area is 97.0 Å². The van der Waals surface area contributed by atoms with E-state index in [1.54, 1.807) is 0 Å². The quantitative estimate of drug-likeness (QED) is 0.823. The van der Waals surface area contributed by atoms with Crippen LogP contribution >= 0.6 is 0 Å². The lowest BCUT2D eigenvalue weighted by atomic mass is 10.0. The lowest BCUT2D eigenvalue weighted by Crippen LogP contribution is -2.37. The summed E-state index contributed by atoms with van der Waals surface area (Å²) in [6, 6.07) is 0. The number of imidazole rings is 1. The Morgan fingerprint density at radius 1 is 1.62 bits per heavy atom. The van der Waals surface area contributed by atoms with E-state index >= 15 is 0 Å². The lowest BCUT2D eigenvalue weighted by molar-refractivity contribution is 0.0206. The molecule has 0 aromatic carbocycles. The predicted molar refractivity (Wildman–Crippen MR) is 63.2 cm³/mol. The highest BCUT2D eigenvalue weighted by molar-refractivity contribution is 4.98. The highest BCUT2D eigenvalue weighted by atomic mass is 16.5. The van der Waals surface area contributed by atoms with Gasteiger partial charge in [0.15, 0.2) is 0 Å². The monoisotopic (exact) mass is 223 g/mol. The Hall–Kier alpha value is -0.870. The first-order valence-corrected chi connectivity index (χ1v) is 6.07. The largest absolute Gasteiger partial charge is 0.374 e. The van der Waals surface area contributed by atoms with Crippen LogP contribution < -0.4 is 5.32 Å². The molecule has 0 radical (unpaired) electrons. The van der Waals surface area contributed by atoms with Crippen LogP contribution in [0, 0.1) is 0 Å². The maximum atomic E-state index is 5.73. The summed E-state index contributed by atoms with van der Waals surface area (Å²) < 4.78 is 7.89. The predicted octanol–water partition coefficient (Wildman–Crippen LogP) is 1.56. The molecule has 2 heterocycles. The number of rotatable bonds is 5. The van der Waals surface area contributed by atoms with E-state index in [1.807, 2.05) is 12.5 Å². The Morgan fingerprint density at radius 2 is 2.50 bits per heavy atom. The topological polar surface area (TPSA) is 39.1 Å². The molecule has 4 heteroatoms. The van der Waals surface area contributed by atoms with Crippen molar-refractivity contribution >= 4 is 0 Å². The minimum Gasteiger partial charge on any atom is -0.374 e. The van der Waals surface area contributed by atoms with E-state index < -0.39 is 0 Å². The Balaban J connectivity index is 1.79. The van der Waals surface area contributed by atoms with Gasteiger partial charge < -0.3 is 14.6 Å². The van der Waals surface area contributed by atoms with Crippen LogP contribution in [0.4, 0.5) is 0 Å². The van der Waals surface area contributed by atoms with E-state index in [1.165, 1.54) is 12.1 Å². The Kier molecular flexibility index (Phi) is 3.61. The minimum atomic E-state index is 0.0388. The second kappa shape index (κ2) is 4.97. The van der Waals surface area contributed by atoms with Crippen molar-refractivity contribution in [3.63, 3.8) is 0 Å². The van der Waals surface area contributed by atoms with Gasteiger partial charge in [0.05, 0.1) is 17.6 Å². The van der Waals surface area contributed by atoms with Crippen molar-refractivity contribution in [1.29, 1.82) is 0 Å². The van der Waals surface area contributed by atoms with Crippen molar-refractivity contribution in [2.45, 2.75) is 45.4 Å². The second-order valence-corrected chi connectivity index (χ2v) is 4.68. The lowest BCUT2D eigenvalue weighted by Gasteiger charge is -2.23. The fourth-order valence-electron chi connectivity index (χ4n) is 2.21. The zero-order chi connectivity index (χ0) is 11.4. The molecule has 2 rings (SSSR count). The third-order valence-electron chi connectivity index (χ3n) is 3.24. The van der Waals surface area contributed by atoms with Crippen LogP contribution in [0.15, 0.2) is 12.5 Å². The Bertz CT molecular complexity index is 329. The molecular formula is C12H21N3O. The van der Waals surface area contributed by atoms with Crippen molar-refractivity contribution < 1.29 is 4.74 Å². The molecule has 1 aliphatic rings. The summed E-state index contributed by atoms with van der Waals surface area (Å²) in [5.41, 5.74) is 1.28. The van der Waals surface area contributed by atoms with Crippen LogP contribution in [0.2, 0.25) is 0 Å². The van der Waals surface area contributed by atoms with Crippen molar-refractivity contribution in [1.82, 2.24) is 14.9 Å². The number of nitrogens with one attached hydrogen (secondary N) is 1. The molecule has 1 fully saturated rings. The first-order valence-electron chi connectivity index (χ1n) is 6.07. The summed E-state index contributed by atoms with van der Waals surface area (Å²) in [4.78, 5) is 4.15. The average Bonchev–Trinajstić information content (AvgIpc) is 2.88. The van der Waals surface area contributed by atoms with Crippen molar-refractivity contribution in [2.24, 2.45) is 0 Å². The van der Waals surface area contributed by atoms with Gasteiger partial charge in [-0.3, -0.25) is 0 Å². The fourth-order valence-corrected chi connectivity index (χ4v) is 2.21. The normalized spacial score (nSPS) is 25.1. The van der Waals surface area contributed by atoms with Gasteiger partial charge in [-0.15, -0.1) is 0 Å². The summed E-state index contributed by atoms with van der Waals surface area (Å²) in [6.45, 7) is 7.99. The zero-order valence-electron chi connectivity index (χ0n) is 10.2. The average molecular weight is 223 g/mol. The molecule has 1 aliphatic heterocycles. The highest BCUT2D eigenvalue weighted by Gasteiger charge is 2.28. The van der Waals surface area contributed by atoms with E-state index in [2.05, 4.69) is 28.7 Å². The van der Waals surface area contributed by atoms with Gasteiger partial charge in [0.25, 0.3) is 0 Å². The van der Waals surface area contributed by atoms with E-state index in [9.17, 15) is 0 Å². The van der Waals surface area contributed by atoms with Crippen molar-refractivity contribution in [2.75, 3.05) is 13.2 Å². The first-order chi connectivity index (χ1) is 7.73. The molecule has 1 saturated heterocycles. The second-order valence-electron chi connectivity index (χ2n) is 4.68. The first kappa shape index (κ1) is 11.6. The number of nitrogens with zero attached hydrogens (tertiary/aromatic N) is 2. The summed E-state index contributed by atoms with van der Waals surface area (Å²) in [7, 11) is 0. The summed E-state index contributed by atoms with van der Waals surface area (Å²) in [6.07, 6.45) is 6.15. The third-order valence-corrected chi connectivity index (χ3v) is 3.24. The molecular weight excluding hydrogens is 202 g/mol. The molecule has 1 atom stereocenters. The van der Waals surface area contributed by atoms with Crippen molar-refractivity contribution in [3.8, 4) is 0 Å². The minimum absolute atomic E-state index is 0.0388. The van der Waals surface area contributed by atoms with Crippen LogP contribution in [-0.2, 0) is 17.8 Å². The van der Waals surface area contributed by atoms with E-state index in [-0.39, 0.29) is 5.60 Å². The maximum absolute atomic E-state index is 5.73. The standard InChI is InChI=1S/C12H21N3O/c1-3-15-10-14-8-11(15)7-13-9-12(2)5-4-6-16-12/h8,10,13H,3-7,9H2,1-2H3. The molecule has 4 nitrogen and oxygen atoms in total. The number of ether oxygens (including phenoxy) is 1. The van der Waals surface area contributed by atoms with Crippen LogP contribution in [0.1, 0.15) is 32.4 Å². The van der Waals surface area contributed by atoms with Crippen LogP contribution in [0.25, 0.3) is 0 Å². The van der Waals surface area contributed by atoms with Gasteiger partial charge in [-0.25, -0.2) is 4.98 Å². The van der Waals surface area contributed by atoms with Gasteiger partial charge in [-0.1, -0.05) is 0 Å². The molecule has 0 amide bonds. The van der Waals surface area contributed by atoms with E-state index in [0.717, 1.165) is 32.7 Å². The molecule has 16 heavy (non-hydrogen) atoms. The number of aromatic nitrogens is 2. The van der Waals surface area contributed by atoms with Gasteiger partial charge in [0, 0.05) is 32.4 Å². The molecule has 0 bridgehead atoms. The van der Waals surface area contributed by atoms with E-state index in [0.29, 0.717) is 0 Å². The summed E-state index contributed by atoms with van der Waals surface area (Å²) in [5, 5.41) is 3.46. The highest BCUT2D eigenvalue weighted by Crippen LogP contribution is 2.23. The van der Waals surface area contributed by atoms with Gasteiger partial charge in [0.1, 0.15) is 0 Å². The van der Waals surface area contributed by atoms with Crippen LogP contribution in [-0.4, -0.2) is 28.3 Å². The van der Waals surface area contributed by atoms with Gasteiger partial charge in [0.2, 0.25) is 0 Å². The molecule has 0 aliphatic carbocycles. The van der Waals surface area contributed by atoms with Crippen LogP contribution in [0.3, 0.4) is 0 Å². The molecule has 1 aromatic rings. The molecule has 1 N–H and O–H groups in total. The Morgan fingerprint density at radius 3 is 3.19 bits per heavy atom. The van der Waals surface area contributed by atoms with E-state index in [4.69, 9.17) is 4.74 Å². The molecule has 0 spiro atoms. The molecule has 90 valence electrons. The molecule has 1 unspecified atom stereocenters.